The summed E-state index contributed by atoms with van der Waals surface area (Å²) in [6.45, 7) is 10.9. The van der Waals surface area contributed by atoms with Gasteiger partial charge in [0.15, 0.2) is 17.5 Å². The molecule has 1 aliphatic rings. The van der Waals surface area contributed by atoms with Gasteiger partial charge in [0.2, 0.25) is 0 Å². The number of hydrogen-bond acceptors (Lipinski definition) is 4. The van der Waals surface area contributed by atoms with Crippen LogP contribution in [-0.4, -0.2) is 52.5 Å². The summed E-state index contributed by atoms with van der Waals surface area (Å²) >= 11 is 0. The highest BCUT2D eigenvalue weighted by molar-refractivity contribution is 5.79. The van der Waals surface area contributed by atoms with E-state index in [4.69, 9.17) is 14.2 Å². The number of aliphatic imine (C=N–C) groups is 1. The van der Waals surface area contributed by atoms with Gasteiger partial charge in [-0.25, -0.2) is 0 Å². The zero-order chi connectivity index (χ0) is 18.8. The molecule has 0 amide bonds. The van der Waals surface area contributed by atoms with Crippen molar-refractivity contribution < 1.29 is 14.2 Å². The second-order valence-electron chi connectivity index (χ2n) is 7.00. The summed E-state index contributed by atoms with van der Waals surface area (Å²) < 4.78 is 16.7. The minimum atomic E-state index is -0.0670. The molecule has 0 aromatic heterocycles. The van der Waals surface area contributed by atoms with E-state index < -0.39 is 0 Å². The summed E-state index contributed by atoms with van der Waals surface area (Å²) in [5.74, 6) is 2.49. The van der Waals surface area contributed by atoms with Gasteiger partial charge in [-0.15, -0.1) is 0 Å². The fourth-order valence-corrected chi connectivity index (χ4v) is 2.77. The molecule has 0 fully saturated rings. The predicted molar refractivity (Wildman–Crippen MR) is 106 cm³/mol. The number of ether oxygens (including phenoxy) is 3. The average molecular weight is 364 g/mol. The van der Waals surface area contributed by atoms with Crippen molar-refractivity contribution in [3.63, 3.8) is 0 Å². The van der Waals surface area contributed by atoms with E-state index in [0.717, 1.165) is 56.6 Å². The minimum Gasteiger partial charge on any atom is -0.486 e. The Morgan fingerprint density at radius 1 is 1.15 bits per heavy atom. The van der Waals surface area contributed by atoms with Crippen molar-refractivity contribution in [2.75, 3.05) is 46.6 Å². The molecule has 0 atom stereocenters. The van der Waals surface area contributed by atoms with Crippen LogP contribution in [0.15, 0.2) is 23.2 Å². The number of fused-ring (bicyclic) bond motifs is 1. The minimum absolute atomic E-state index is 0.0670. The Labute approximate surface area is 157 Å². The lowest BCUT2D eigenvalue weighted by Gasteiger charge is -2.28. The molecule has 0 spiro atoms. The molecule has 0 saturated carbocycles. The summed E-state index contributed by atoms with van der Waals surface area (Å²) in [4.78, 5) is 4.31. The third kappa shape index (κ3) is 6.09. The predicted octanol–water partition coefficient (Wildman–Crippen LogP) is 2.72. The van der Waals surface area contributed by atoms with Crippen molar-refractivity contribution >= 4 is 5.96 Å². The first-order chi connectivity index (χ1) is 12.6. The van der Waals surface area contributed by atoms with Crippen LogP contribution in [0.3, 0.4) is 0 Å². The second kappa shape index (κ2) is 10.3. The fraction of sp³-hybridized carbons (Fsp3) is 0.650. The molecule has 0 unspecified atom stereocenters. The lowest BCUT2D eigenvalue weighted by molar-refractivity contribution is 0.143. The molecule has 146 valence electrons. The Bertz CT molecular complexity index is 588. The van der Waals surface area contributed by atoms with Crippen LogP contribution in [-0.2, 0) is 10.2 Å². The highest BCUT2D eigenvalue weighted by atomic mass is 16.6. The number of rotatable bonds is 9. The molecule has 2 N–H and O–H groups in total. The maximum atomic E-state index is 5.71. The third-order valence-electron chi connectivity index (χ3n) is 4.46. The van der Waals surface area contributed by atoms with Gasteiger partial charge in [0, 0.05) is 38.8 Å². The molecular weight excluding hydrogens is 330 g/mol. The zero-order valence-electron chi connectivity index (χ0n) is 16.6. The molecule has 0 aliphatic carbocycles. The Hall–Kier alpha value is -1.95. The van der Waals surface area contributed by atoms with Gasteiger partial charge in [-0.2, -0.15) is 0 Å². The number of guanidine groups is 1. The molecule has 0 bridgehead atoms. The maximum absolute atomic E-state index is 5.71. The van der Waals surface area contributed by atoms with Crippen LogP contribution in [0.1, 0.15) is 39.2 Å². The van der Waals surface area contributed by atoms with E-state index in [1.807, 2.05) is 13.0 Å². The van der Waals surface area contributed by atoms with Crippen molar-refractivity contribution in [3.05, 3.63) is 23.8 Å². The van der Waals surface area contributed by atoms with Crippen molar-refractivity contribution in [2.45, 2.75) is 39.0 Å². The van der Waals surface area contributed by atoms with Crippen molar-refractivity contribution in [3.8, 4) is 11.5 Å². The normalized spacial score (nSPS) is 14.2. The number of nitrogens with zero attached hydrogens (tertiary/aromatic N) is 1. The molecule has 26 heavy (non-hydrogen) atoms. The van der Waals surface area contributed by atoms with Crippen molar-refractivity contribution in [1.82, 2.24) is 10.6 Å². The Morgan fingerprint density at radius 3 is 2.65 bits per heavy atom. The third-order valence-corrected chi connectivity index (χ3v) is 4.46. The Morgan fingerprint density at radius 2 is 1.92 bits per heavy atom. The van der Waals surface area contributed by atoms with Crippen LogP contribution < -0.4 is 20.1 Å². The summed E-state index contributed by atoms with van der Waals surface area (Å²) in [7, 11) is 1.80. The van der Waals surface area contributed by atoms with Gasteiger partial charge in [-0.3, -0.25) is 4.99 Å². The van der Waals surface area contributed by atoms with Crippen molar-refractivity contribution in [2.24, 2.45) is 4.99 Å². The Balaban J connectivity index is 1.82. The molecule has 6 nitrogen and oxygen atoms in total. The summed E-state index contributed by atoms with van der Waals surface area (Å²) in [6.07, 6.45) is 2.12. The van der Waals surface area contributed by atoms with Crippen LogP contribution in [0, 0.1) is 0 Å². The fourth-order valence-electron chi connectivity index (χ4n) is 2.77. The molecule has 0 saturated heterocycles. The van der Waals surface area contributed by atoms with E-state index in [1.54, 1.807) is 7.05 Å². The first-order valence-electron chi connectivity index (χ1n) is 9.49. The molecular formula is C20H33N3O3. The standard InChI is InChI=1S/C20H33N3O3/c1-5-24-11-7-6-10-22-19(21-4)23-15-20(2,3)16-8-9-17-18(14-16)26-13-12-25-17/h8-9,14H,5-7,10-13,15H2,1-4H3,(H2,21,22,23). The van der Waals surface area contributed by atoms with E-state index in [9.17, 15) is 0 Å². The van der Waals surface area contributed by atoms with Crippen LogP contribution in [0.2, 0.25) is 0 Å². The lowest BCUT2D eigenvalue weighted by atomic mass is 9.84. The number of nitrogens with one attached hydrogen (secondary N) is 2. The highest BCUT2D eigenvalue weighted by Gasteiger charge is 2.23. The van der Waals surface area contributed by atoms with Crippen molar-refractivity contribution in [1.29, 1.82) is 0 Å². The van der Waals surface area contributed by atoms with Gasteiger partial charge in [-0.05, 0) is 37.5 Å². The second-order valence-corrected chi connectivity index (χ2v) is 7.00. The smallest absolute Gasteiger partial charge is 0.191 e. The molecule has 1 heterocycles. The molecule has 1 aliphatic heterocycles. The van der Waals surface area contributed by atoms with Crippen LogP contribution >= 0.6 is 0 Å². The highest BCUT2D eigenvalue weighted by Crippen LogP contribution is 2.34. The van der Waals surface area contributed by atoms with Gasteiger partial charge < -0.3 is 24.8 Å². The van der Waals surface area contributed by atoms with E-state index >= 15 is 0 Å². The van der Waals surface area contributed by atoms with E-state index in [2.05, 4.69) is 41.6 Å². The zero-order valence-corrected chi connectivity index (χ0v) is 16.6. The van der Waals surface area contributed by atoms with Gasteiger partial charge in [0.1, 0.15) is 13.2 Å². The lowest BCUT2D eigenvalue weighted by Crippen LogP contribution is -2.43. The first kappa shape index (κ1) is 20.4. The summed E-state index contributed by atoms with van der Waals surface area (Å²) in [5.41, 5.74) is 1.14. The van der Waals surface area contributed by atoms with E-state index in [1.165, 1.54) is 5.56 Å². The average Bonchev–Trinajstić information content (AvgIpc) is 2.66. The van der Waals surface area contributed by atoms with Gasteiger partial charge in [-0.1, -0.05) is 19.9 Å². The van der Waals surface area contributed by atoms with Gasteiger partial charge >= 0.3 is 0 Å². The number of unbranched alkanes of at least 4 members (excludes halogenated alkanes) is 1. The monoisotopic (exact) mass is 363 g/mol. The quantitative estimate of drug-likeness (QED) is 0.401. The number of benzene rings is 1. The van der Waals surface area contributed by atoms with Crippen LogP contribution in [0.5, 0.6) is 11.5 Å². The van der Waals surface area contributed by atoms with Gasteiger partial charge in [0.05, 0.1) is 0 Å². The SMILES string of the molecule is CCOCCCCNC(=NC)NCC(C)(C)c1ccc2c(c1)OCCO2. The van der Waals surface area contributed by atoms with Crippen LogP contribution in [0.4, 0.5) is 0 Å². The Kier molecular flexibility index (Phi) is 8.04. The summed E-state index contributed by atoms with van der Waals surface area (Å²) in [5, 5.41) is 6.78. The molecule has 0 radical (unpaired) electrons. The molecule has 6 heteroatoms. The first-order valence-corrected chi connectivity index (χ1v) is 9.49. The van der Waals surface area contributed by atoms with Crippen LogP contribution in [0.25, 0.3) is 0 Å². The molecule has 1 aromatic rings. The maximum Gasteiger partial charge on any atom is 0.191 e. The topological polar surface area (TPSA) is 64.1 Å². The molecule has 2 rings (SSSR count). The number of hydrogen-bond donors (Lipinski definition) is 2. The summed E-state index contributed by atoms with van der Waals surface area (Å²) in [6, 6.07) is 6.19. The molecule has 1 aromatic carbocycles. The van der Waals surface area contributed by atoms with Gasteiger partial charge in [0.25, 0.3) is 0 Å². The van der Waals surface area contributed by atoms with E-state index in [0.29, 0.717) is 13.2 Å². The largest absolute Gasteiger partial charge is 0.486 e. The van der Waals surface area contributed by atoms with E-state index in [-0.39, 0.29) is 5.41 Å².